The van der Waals surface area contributed by atoms with Crippen molar-refractivity contribution in [2.45, 2.75) is 39.2 Å². The van der Waals surface area contributed by atoms with Crippen LogP contribution in [-0.4, -0.2) is 6.04 Å². The lowest BCUT2D eigenvalue weighted by atomic mass is 9.80. The molecule has 0 saturated heterocycles. The molecule has 0 heterocycles. The van der Waals surface area contributed by atoms with Gasteiger partial charge in [0.2, 0.25) is 0 Å². The third-order valence-corrected chi connectivity index (χ3v) is 5.58. The number of halogens is 3. The summed E-state index contributed by atoms with van der Waals surface area (Å²) in [6, 6.07) is 4.42. The predicted molar refractivity (Wildman–Crippen MR) is 83.8 cm³/mol. The molecule has 0 aliphatic heterocycles. The molecule has 0 bridgehead atoms. The molecule has 1 N–H and O–H groups in total. The lowest BCUT2D eigenvalue weighted by Crippen LogP contribution is -2.33. The fourth-order valence-corrected chi connectivity index (χ4v) is 3.55. The molecule has 0 spiro atoms. The highest BCUT2D eigenvalue weighted by molar-refractivity contribution is 9.10. The number of nitrogens with one attached hydrogen (secondary N) is 1. The summed E-state index contributed by atoms with van der Waals surface area (Å²) in [6.45, 7) is 4.64. The molecule has 0 radical (unpaired) electrons. The highest BCUT2D eigenvalue weighted by atomic mass is 79.9. The average molecular weight is 351 g/mol. The molecule has 1 saturated carbocycles. The molecule has 1 aromatic rings. The van der Waals surface area contributed by atoms with Crippen molar-refractivity contribution in [2.24, 2.45) is 11.8 Å². The Morgan fingerprint density at radius 3 is 2.56 bits per heavy atom. The number of benzene rings is 1. The Bertz CT molecular complexity index is 436. The van der Waals surface area contributed by atoms with E-state index in [-0.39, 0.29) is 0 Å². The van der Waals surface area contributed by atoms with Gasteiger partial charge in [0, 0.05) is 10.5 Å². The first-order chi connectivity index (χ1) is 8.49. The number of hydrogen-bond donors (Lipinski definition) is 1. The van der Waals surface area contributed by atoms with Crippen molar-refractivity contribution in [3.8, 4) is 0 Å². The zero-order chi connectivity index (χ0) is 13.3. The highest BCUT2D eigenvalue weighted by Crippen LogP contribution is 2.38. The third kappa shape index (κ3) is 3.15. The summed E-state index contributed by atoms with van der Waals surface area (Å²) in [4.78, 5) is 0. The zero-order valence-corrected chi connectivity index (χ0v) is 13.7. The normalized spacial score (nSPS) is 28.2. The van der Waals surface area contributed by atoms with Crippen molar-refractivity contribution in [3.63, 3.8) is 0 Å². The van der Waals surface area contributed by atoms with Gasteiger partial charge in [0.1, 0.15) is 0 Å². The van der Waals surface area contributed by atoms with Gasteiger partial charge in [-0.2, -0.15) is 0 Å². The van der Waals surface area contributed by atoms with E-state index in [0.29, 0.717) is 22.0 Å². The maximum absolute atomic E-state index is 6.27. The molecule has 1 fully saturated rings. The van der Waals surface area contributed by atoms with Crippen molar-refractivity contribution in [2.75, 3.05) is 5.32 Å². The van der Waals surface area contributed by atoms with E-state index in [2.05, 4.69) is 35.1 Å². The van der Waals surface area contributed by atoms with Gasteiger partial charge in [-0.1, -0.05) is 37.0 Å². The second-order valence-electron chi connectivity index (χ2n) is 5.37. The van der Waals surface area contributed by atoms with E-state index in [9.17, 15) is 0 Å². The second-order valence-corrected chi connectivity index (χ2v) is 6.98. The minimum atomic E-state index is 0.496. The van der Waals surface area contributed by atoms with Crippen LogP contribution in [0.2, 0.25) is 10.0 Å². The van der Waals surface area contributed by atoms with Crippen molar-refractivity contribution in [3.05, 3.63) is 26.7 Å². The van der Waals surface area contributed by atoms with Crippen molar-refractivity contribution < 1.29 is 0 Å². The maximum Gasteiger partial charge on any atom is 0.0835 e. The molecule has 1 aliphatic carbocycles. The van der Waals surface area contributed by atoms with Crippen molar-refractivity contribution >= 4 is 44.8 Å². The van der Waals surface area contributed by atoms with Crippen LogP contribution in [0.5, 0.6) is 0 Å². The van der Waals surface area contributed by atoms with Crippen molar-refractivity contribution in [1.29, 1.82) is 0 Å². The van der Waals surface area contributed by atoms with Crippen LogP contribution in [0.15, 0.2) is 16.6 Å². The van der Waals surface area contributed by atoms with Crippen LogP contribution >= 0.6 is 39.1 Å². The van der Waals surface area contributed by atoms with Crippen LogP contribution in [0.3, 0.4) is 0 Å². The smallest absolute Gasteiger partial charge is 0.0835 e. The van der Waals surface area contributed by atoms with Crippen LogP contribution in [0.25, 0.3) is 0 Å². The fraction of sp³-hybridized carbons (Fsp3) is 0.571. The SMILES string of the molecule is CC1CCC(Nc2ccc(Br)c(Cl)c2Cl)C(C)C1. The Morgan fingerprint density at radius 2 is 1.89 bits per heavy atom. The van der Waals surface area contributed by atoms with Gasteiger partial charge in [0.25, 0.3) is 0 Å². The van der Waals surface area contributed by atoms with Gasteiger partial charge in [-0.05, 0) is 59.2 Å². The first-order valence-electron chi connectivity index (χ1n) is 6.39. The van der Waals surface area contributed by atoms with Gasteiger partial charge >= 0.3 is 0 Å². The number of rotatable bonds is 2. The van der Waals surface area contributed by atoms with E-state index in [1.54, 1.807) is 0 Å². The minimum Gasteiger partial charge on any atom is -0.381 e. The molecule has 100 valence electrons. The second kappa shape index (κ2) is 6.02. The van der Waals surface area contributed by atoms with Crippen LogP contribution < -0.4 is 5.32 Å². The topological polar surface area (TPSA) is 12.0 Å². The average Bonchev–Trinajstić information content (AvgIpc) is 2.33. The zero-order valence-electron chi connectivity index (χ0n) is 10.6. The van der Waals surface area contributed by atoms with Crippen LogP contribution in [0, 0.1) is 11.8 Å². The molecule has 0 amide bonds. The largest absolute Gasteiger partial charge is 0.381 e. The standard InChI is InChI=1S/C14H18BrCl2N/c1-8-3-5-11(9(2)7-8)18-12-6-4-10(15)13(16)14(12)17/h4,6,8-9,11,18H,3,5,7H2,1-2H3. The molecule has 0 aromatic heterocycles. The fourth-order valence-electron chi connectivity index (χ4n) is 2.72. The minimum absolute atomic E-state index is 0.496. The molecule has 3 atom stereocenters. The van der Waals surface area contributed by atoms with E-state index in [1.807, 2.05) is 12.1 Å². The van der Waals surface area contributed by atoms with Gasteiger partial charge < -0.3 is 5.32 Å². The van der Waals surface area contributed by atoms with Crippen LogP contribution in [-0.2, 0) is 0 Å². The van der Waals surface area contributed by atoms with E-state index in [1.165, 1.54) is 19.3 Å². The molecule has 18 heavy (non-hydrogen) atoms. The van der Waals surface area contributed by atoms with E-state index in [4.69, 9.17) is 23.2 Å². The lowest BCUT2D eigenvalue weighted by molar-refractivity contribution is 0.276. The summed E-state index contributed by atoms with van der Waals surface area (Å²) in [5.74, 6) is 1.51. The van der Waals surface area contributed by atoms with Crippen LogP contribution in [0.1, 0.15) is 33.1 Å². The van der Waals surface area contributed by atoms with Gasteiger partial charge in [-0.15, -0.1) is 0 Å². The van der Waals surface area contributed by atoms with Crippen LogP contribution in [0.4, 0.5) is 5.69 Å². The number of hydrogen-bond acceptors (Lipinski definition) is 1. The first-order valence-corrected chi connectivity index (χ1v) is 7.94. The van der Waals surface area contributed by atoms with E-state index in [0.717, 1.165) is 16.1 Å². The quantitative estimate of drug-likeness (QED) is 0.645. The van der Waals surface area contributed by atoms with Crippen molar-refractivity contribution in [1.82, 2.24) is 0 Å². The highest BCUT2D eigenvalue weighted by Gasteiger charge is 2.25. The Labute approximate surface area is 127 Å². The van der Waals surface area contributed by atoms with E-state index < -0.39 is 0 Å². The first kappa shape index (κ1) is 14.5. The van der Waals surface area contributed by atoms with Gasteiger partial charge in [0.05, 0.1) is 15.7 Å². The monoisotopic (exact) mass is 349 g/mol. The number of anilines is 1. The molecule has 1 aromatic carbocycles. The Balaban J connectivity index is 2.12. The third-order valence-electron chi connectivity index (χ3n) is 3.81. The predicted octanol–water partition coefficient (Wildman–Crippen LogP) is 5.99. The summed E-state index contributed by atoms with van der Waals surface area (Å²) >= 11 is 15.8. The summed E-state index contributed by atoms with van der Waals surface area (Å²) in [5.41, 5.74) is 0.941. The van der Waals surface area contributed by atoms with Gasteiger partial charge in [0.15, 0.2) is 0 Å². The molecular weight excluding hydrogens is 333 g/mol. The lowest BCUT2D eigenvalue weighted by Gasteiger charge is -2.34. The summed E-state index contributed by atoms with van der Waals surface area (Å²) in [5, 5.41) is 4.74. The Hall–Kier alpha value is 0.0800. The molecule has 4 heteroatoms. The maximum atomic E-state index is 6.27. The molecule has 2 rings (SSSR count). The summed E-state index contributed by atoms with van der Waals surface area (Å²) in [6.07, 6.45) is 3.76. The summed E-state index contributed by atoms with van der Waals surface area (Å²) in [7, 11) is 0. The van der Waals surface area contributed by atoms with E-state index >= 15 is 0 Å². The molecule has 1 nitrogen and oxygen atoms in total. The Kier molecular flexibility index (Phi) is 4.85. The molecule has 1 aliphatic rings. The van der Waals surface area contributed by atoms with Gasteiger partial charge in [-0.25, -0.2) is 0 Å². The molecular formula is C14H18BrCl2N. The molecule has 3 unspecified atom stereocenters. The Morgan fingerprint density at radius 1 is 1.17 bits per heavy atom. The van der Waals surface area contributed by atoms with Gasteiger partial charge in [-0.3, -0.25) is 0 Å². The summed E-state index contributed by atoms with van der Waals surface area (Å²) < 4.78 is 0.838.